The SMILES string of the molecule is CNc1cc(NC=O)ccc1NC=O.Cc1ccc(-c2ccc(C)c(C)c2)nc1. The van der Waals surface area contributed by atoms with Gasteiger partial charge in [0.15, 0.2) is 0 Å². The summed E-state index contributed by atoms with van der Waals surface area (Å²) in [5.41, 5.74) is 8.15. The number of anilines is 3. The van der Waals surface area contributed by atoms with Crippen molar-refractivity contribution < 1.29 is 9.59 Å². The highest BCUT2D eigenvalue weighted by Gasteiger charge is 2.01. The summed E-state index contributed by atoms with van der Waals surface area (Å²) >= 11 is 0. The monoisotopic (exact) mass is 390 g/mol. The Kier molecular flexibility index (Phi) is 7.91. The summed E-state index contributed by atoms with van der Waals surface area (Å²) in [4.78, 5) is 24.8. The standard InChI is InChI=1S/C14H15N.C9H11N3O2/c1-10-4-7-14(15-9-10)13-6-5-11(2)12(3)8-13;1-10-9-4-7(11-5-13)2-3-8(9)12-6-14/h4-9H,1-3H3;2-6,10H,1H3,(H,11,13)(H,12,14). The largest absolute Gasteiger partial charge is 0.386 e. The molecule has 3 aromatic rings. The van der Waals surface area contributed by atoms with Gasteiger partial charge in [-0.1, -0.05) is 18.2 Å². The van der Waals surface area contributed by atoms with Crippen molar-refractivity contribution in [2.75, 3.05) is 23.0 Å². The summed E-state index contributed by atoms with van der Waals surface area (Å²) in [5.74, 6) is 0. The molecule has 150 valence electrons. The first-order valence-corrected chi connectivity index (χ1v) is 9.21. The van der Waals surface area contributed by atoms with Crippen LogP contribution in [0, 0.1) is 20.8 Å². The second-order valence-electron chi connectivity index (χ2n) is 6.55. The van der Waals surface area contributed by atoms with Crippen LogP contribution in [0.3, 0.4) is 0 Å². The molecule has 0 atom stereocenters. The van der Waals surface area contributed by atoms with E-state index < -0.39 is 0 Å². The molecule has 6 heteroatoms. The average molecular weight is 390 g/mol. The van der Waals surface area contributed by atoms with Crippen LogP contribution in [0.15, 0.2) is 54.7 Å². The van der Waals surface area contributed by atoms with Gasteiger partial charge in [0.05, 0.1) is 17.1 Å². The molecule has 0 spiro atoms. The fourth-order valence-electron chi connectivity index (χ4n) is 2.64. The highest BCUT2D eigenvalue weighted by Crippen LogP contribution is 2.24. The lowest BCUT2D eigenvalue weighted by Gasteiger charge is -2.09. The van der Waals surface area contributed by atoms with Crippen LogP contribution in [0.25, 0.3) is 11.3 Å². The molecule has 0 aliphatic rings. The van der Waals surface area contributed by atoms with Crippen molar-refractivity contribution >= 4 is 29.9 Å². The zero-order chi connectivity index (χ0) is 21.2. The topological polar surface area (TPSA) is 83.1 Å². The summed E-state index contributed by atoms with van der Waals surface area (Å²) in [5, 5.41) is 7.95. The van der Waals surface area contributed by atoms with Crippen molar-refractivity contribution in [1.29, 1.82) is 0 Å². The molecule has 0 radical (unpaired) electrons. The first-order chi connectivity index (χ1) is 14.0. The van der Waals surface area contributed by atoms with Crippen LogP contribution < -0.4 is 16.0 Å². The van der Waals surface area contributed by atoms with Crippen LogP contribution in [0.2, 0.25) is 0 Å². The Morgan fingerprint density at radius 1 is 0.793 bits per heavy atom. The maximum Gasteiger partial charge on any atom is 0.211 e. The summed E-state index contributed by atoms with van der Waals surface area (Å²) < 4.78 is 0. The predicted molar refractivity (Wildman–Crippen MR) is 119 cm³/mol. The minimum atomic E-state index is 0.599. The lowest BCUT2D eigenvalue weighted by molar-refractivity contribution is -0.106. The lowest BCUT2D eigenvalue weighted by atomic mass is 10.0. The number of aromatic nitrogens is 1. The minimum absolute atomic E-state index is 0.599. The molecule has 0 aliphatic heterocycles. The van der Waals surface area contributed by atoms with Crippen molar-refractivity contribution in [1.82, 2.24) is 4.98 Å². The van der Waals surface area contributed by atoms with Crippen molar-refractivity contribution in [3.63, 3.8) is 0 Å². The molecule has 0 saturated carbocycles. The van der Waals surface area contributed by atoms with Crippen molar-refractivity contribution in [2.24, 2.45) is 0 Å². The summed E-state index contributed by atoms with van der Waals surface area (Å²) in [7, 11) is 1.73. The Hall–Kier alpha value is -3.67. The van der Waals surface area contributed by atoms with E-state index in [0.29, 0.717) is 24.2 Å². The maximum absolute atomic E-state index is 10.2. The fourth-order valence-corrected chi connectivity index (χ4v) is 2.64. The van der Waals surface area contributed by atoms with E-state index in [1.165, 1.54) is 22.3 Å². The molecule has 0 bridgehead atoms. The molecular formula is C23H26N4O2. The quantitative estimate of drug-likeness (QED) is 0.540. The molecule has 2 aromatic carbocycles. The minimum Gasteiger partial charge on any atom is -0.386 e. The van der Waals surface area contributed by atoms with Gasteiger partial charge in [-0.3, -0.25) is 14.6 Å². The van der Waals surface area contributed by atoms with Crippen LogP contribution in [0.5, 0.6) is 0 Å². The van der Waals surface area contributed by atoms with E-state index in [2.05, 4.69) is 72.0 Å². The number of aryl methyl sites for hydroxylation is 3. The number of nitrogens with one attached hydrogen (secondary N) is 3. The van der Waals surface area contributed by atoms with Crippen LogP contribution in [-0.2, 0) is 9.59 Å². The zero-order valence-electron chi connectivity index (χ0n) is 17.1. The molecule has 0 saturated heterocycles. The van der Waals surface area contributed by atoms with Crippen LogP contribution in [0.1, 0.15) is 16.7 Å². The smallest absolute Gasteiger partial charge is 0.211 e. The van der Waals surface area contributed by atoms with Crippen LogP contribution in [-0.4, -0.2) is 24.9 Å². The number of benzene rings is 2. The predicted octanol–water partition coefficient (Wildman–Crippen LogP) is 4.54. The van der Waals surface area contributed by atoms with Gasteiger partial charge in [0, 0.05) is 24.5 Å². The Labute approximate surface area is 171 Å². The molecular weight excluding hydrogens is 364 g/mol. The van der Waals surface area contributed by atoms with Gasteiger partial charge in [0.25, 0.3) is 0 Å². The molecule has 0 unspecified atom stereocenters. The number of hydrogen-bond acceptors (Lipinski definition) is 4. The Bertz CT molecular complexity index is 969. The third-order valence-corrected chi connectivity index (χ3v) is 4.44. The molecule has 1 aromatic heterocycles. The fraction of sp³-hybridized carbons (Fsp3) is 0.174. The van der Waals surface area contributed by atoms with E-state index in [9.17, 15) is 9.59 Å². The van der Waals surface area contributed by atoms with Crippen molar-refractivity contribution in [2.45, 2.75) is 20.8 Å². The Morgan fingerprint density at radius 3 is 2.14 bits per heavy atom. The van der Waals surface area contributed by atoms with E-state index in [0.717, 1.165) is 11.4 Å². The van der Waals surface area contributed by atoms with Gasteiger partial charge in [0.1, 0.15) is 0 Å². The third-order valence-electron chi connectivity index (χ3n) is 4.44. The van der Waals surface area contributed by atoms with E-state index in [1.54, 1.807) is 25.2 Å². The number of hydrogen-bond donors (Lipinski definition) is 3. The summed E-state index contributed by atoms with van der Waals surface area (Å²) in [6, 6.07) is 15.7. The molecule has 1 heterocycles. The normalized spacial score (nSPS) is 9.66. The highest BCUT2D eigenvalue weighted by atomic mass is 16.1. The van der Waals surface area contributed by atoms with Gasteiger partial charge < -0.3 is 16.0 Å². The molecule has 0 aliphatic carbocycles. The van der Waals surface area contributed by atoms with Gasteiger partial charge in [0.2, 0.25) is 12.8 Å². The highest BCUT2D eigenvalue weighted by molar-refractivity contribution is 5.84. The first-order valence-electron chi connectivity index (χ1n) is 9.21. The van der Waals surface area contributed by atoms with Gasteiger partial charge in [-0.05, 0) is 67.8 Å². The van der Waals surface area contributed by atoms with Gasteiger partial charge in [-0.25, -0.2) is 0 Å². The molecule has 3 rings (SSSR count). The van der Waals surface area contributed by atoms with Crippen molar-refractivity contribution in [3.8, 4) is 11.3 Å². The summed E-state index contributed by atoms with van der Waals surface area (Å²) in [6.45, 7) is 6.31. The number of nitrogens with zero attached hydrogens (tertiary/aromatic N) is 1. The molecule has 0 fully saturated rings. The third kappa shape index (κ3) is 6.17. The second kappa shape index (κ2) is 10.6. The Balaban J connectivity index is 0.000000208. The van der Waals surface area contributed by atoms with E-state index in [1.807, 2.05) is 6.20 Å². The number of pyridine rings is 1. The number of carbonyl (C=O) groups excluding carboxylic acids is 2. The number of rotatable bonds is 6. The zero-order valence-corrected chi connectivity index (χ0v) is 17.1. The van der Waals surface area contributed by atoms with Crippen molar-refractivity contribution in [3.05, 3.63) is 71.4 Å². The van der Waals surface area contributed by atoms with Gasteiger partial charge >= 0.3 is 0 Å². The van der Waals surface area contributed by atoms with Crippen LogP contribution in [0.4, 0.5) is 17.1 Å². The van der Waals surface area contributed by atoms with Gasteiger partial charge in [-0.15, -0.1) is 0 Å². The second-order valence-corrected chi connectivity index (χ2v) is 6.55. The Morgan fingerprint density at radius 2 is 1.55 bits per heavy atom. The number of amides is 2. The maximum atomic E-state index is 10.2. The van der Waals surface area contributed by atoms with E-state index >= 15 is 0 Å². The van der Waals surface area contributed by atoms with Gasteiger partial charge in [-0.2, -0.15) is 0 Å². The first kappa shape index (κ1) is 21.6. The molecule has 6 nitrogen and oxygen atoms in total. The average Bonchev–Trinajstić information content (AvgIpc) is 2.73. The molecule has 29 heavy (non-hydrogen) atoms. The van der Waals surface area contributed by atoms with E-state index in [-0.39, 0.29) is 0 Å². The van der Waals surface area contributed by atoms with E-state index in [4.69, 9.17) is 0 Å². The van der Waals surface area contributed by atoms with Crippen LogP contribution >= 0.6 is 0 Å². The number of carbonyl (C=O) groups is 2. The molecule has 3 N–H and O–H groups in total. The summed E-state index contributed by atoms with van der Waals surface area (Å²) in [6.07, 6.45) is 3.11. The molecule has 2 amide bonds. The lowest BCUT2D eigenvalue weighted by Crippen LogP contribution is -2.01.